The maximum atomic E-state index is 8.81. The molecule has 3 heteroatoms. The SMILES string of the molecule is N#CC1C=C(OC2CC2)C=CC1Br. The van der Waals surface area contributed by atoms with Gasteiger partial charge in [-0.25, -0.2) is 0 Å². The first-order valence-corrected chi connectivity index (χ1v) is 5.31. The molecule has 0 spiro atoms. The van der Waals surface area contributed by atoms with Gasteiger partial charge < -0.3 is 4.74 Å². The van der Waals surface area contributed by atoms with Crippen molar-refractivity contribution in [2.24, 2.45) is 5.92 Å². The Morgan fingerprint density at radius 1 is 1.54 bits per heavy atom. The molecular weight excluding hydrogens is 230 g/mol. The molecule has 0 bridgehead atoms. The van der Waals surface area contributed by atoms with Crippen LogP contribution in [0.4, 0.5) is 0 Å². The van der Waals surface area contributed by atoms with Gasteiger partial charge in [0.15, 0.2) is 0 Å². The minimum absolute atomic E-state index is 0.0984. The van der Waals surface area contributed by atoms with Crippen LogP contribution in [0.15, 0.2) is 24.0 Å². The van der Waals surface area contributed by atoms with Crippen LogP contribution in [0.25, 0.3) is 0 Å². The quantitative estimate of drug-likeness (QED) is 0.695. The molecule has 0 amide bonds. The third kappa shape index (κ3) is 2.13. The van der Waals surface area contributed by atoms with E-state index in [1.165, 1.54) is 0 Å². The zero-order valence-corrected chi connectivity index (χ0v) is 8.70. The summed E-state index contributed by atoms with van der Waals surface area (Å²) in [6.45, 7) is 0. The fourth-order valence-corrected chi connectivity index (χ4v) is 1.62. The molecule has 0 saturated heterocycles. The van der Waals surface area contributed by atoms with Crippen LogP contribution in [0.2, 0.25) is 0 Å². The maximum Gasteiger partial charge on any atom is 0.116 e. The Labute approximate surface area is 86.0 Å². The summed E-state index contributed by atoms with van der Waals surface area (Å²) in [5, 5.41) is 8.81. The minimum atomic E-state index is -0.0984. The van der Waals surface area contributed by atoms with Crippen LogP contribution in [-0.2, 0) is 4.74 Å². The van der Waals surface area contributed by atoms with Crippen LogP contribution in [0.5, 0.6) is 0 Å². The molecule has 2 rings (SSSR count). The first-order chi connectivity index (χ1) is 6.29. The van der Waals surface area contributed by atoms with Crippen LogP contribution < -0.4 is 0 Å². The predicted molar refractivity (Wildman–Crippen MR) is 53.1 cm³/mol. The molecule has 2 aliphatic carbocycles. The van der Waals surface area contributed by atoms with Gasteiger partial charge in [-0.05, 0) is 25.0 Å². The molecule has 0 aliphatic heterocycles. The molecular formula is C10H10BrNO. The van der Waals surface area contributed by atoms with Crippen molar-refractivity contribution in [2.45, 2.75) is 23.8 Å². The smallest absolute Gasteiger partial charge is 0.116 e. The van der Waals surface area contributed by atoms with Crippen molar-refractivity contribution in [3.05, 3.63) is 24.0 Å². The lowest BCUT2D eigenvalue weighted by molar-refractivity contribution is 0.206. The topological polar surface area (TPSA) is 33.0 Å². The molecule has 1 saturated carbocycles. The van der Waals surface area contributed by atoms with Gasteiger partial charge in [0.2, 0.25) is 0 Å². The largest absolute Gasteiger partial charge is 0.491 e. The van der Waals surface area contributed by atoms with Crippen LogP contribution in [0, 0.1) is 17.2 Å². The molecule has 2 nitrogen and oxygen atoms in total. The molecule has 0 N–H and O–H groups in total. The van der Waals surface area contributed by atoms with Gasteiger partial charge in [-0.1, -0.05) is 22.0 Å². The normalized spacial score (nSPS) is 32.2. The summed E-state index contributed by atoms with van der Waals surface area (Å²) in [6.07, 6.45) is 8.50. The molecule has 0 aromatic carbocycles. The average Bonchev–Trinajstić information content (AvgIpc) is 2.92. The number of nitriles is 1. The number of rotatable bonds is 2. The fraction of sp³-hybridized carbons (Fsp3) is 0.500. The van der Waals surface area contributed by atoms with E-state index in [4.69, 9.17) is 10.00 Å². The van der Waals surface area contributed by atoms with Gasteiger partial charge >= 0.3 is 0 Å². The second-order valence-electron chi connectivity index (χ2n) is 3.34. The third-order valence-electron chi connectivity index (χ3n) is 2.11. The highest BCUT2D eigenvalue weighted by Crippen LogP contribution is 2.30. The molecule has 2 aliphatic rings. The van der Waals surface area contributed by atoms with E-state index in [1.807, 2.05) is 18.2 Å². The van der Waals surface area contributed by atoms with Crippen molar-refractivity contribution in [1.29, 1.82) is 5.26 Å². The summed E-state index contributed by atoms with van der Waals surface area (Å²) in [5.41, 5.74) is 0. The maximum absolute atomic E-state index is 8.81. The van der Waals surface area contributed by atoms with E-state index in [1.54, 1.807) is 0 Å². The summed E-state index contributed by atoms with van der Waals surface area (Å²) >= 11 is 3.41. The molecule has 2 atom stereocenters. The van der Waals surface area contributed by atoms with Crippen molar-refractivity contribution in [2.75, 3.05) is 0 Å². The van der Waals surface area contributed by atoms with E-state index >= 15 is 0 Å². The highest BCUT2D eigenvalue weighted by Gasteiger charge is 2.26. The zero-order valence-electron chi connectivity index (χ0n) is 7.11. The lowest BCUT2D eigenvalue weighted by atomic mass is 10.0. The predicted octanol–water partition coefficient (Wildman–Crippen LogP) is 2.52. The number of hydrogen-bond donors (Lipinski definition) is 0. The van der Waals surface area contributed by atoms with Gasteiger partial charge in [-0.2, -0.15) is 5.26 Å². The van der Waals surface area contributed by atoms with Gasteiger partial charge in [0, 0.05) is 0 Å². The second kappa shape index (κ2) is 3.55. The molecule has 68 valence electrons. The van der Waals surface area contributed by atoms with Crippen molar-refractivity contribution < 1.29 is 4.74 Å². The first kappa shape index (κ1) is 8.83. The Hall–Kier alpha value is -0.750. The number of allylic oxidation sites excluding steroid dienone is 3. The summed E-state index contributed by atoms with van der Waals surface area (Å²) in [7, 11) is 0. The van der Waals surface area contributed by atoms with Gasteiger partial charge in [0.25, 0.3) is 0 Å². The van der Waals surface area contributed by atoms with E-state index in [9.17, 15) is 0 Å². The Morgan fingerprint density at radius 2 is 2.31 bits per heavy atom. The van der Waals surface area contributed by atoms with E-state index in [-0.39, 0.29) is 10.7 Å². The highest BCUT2D eigenvalue weighted by molar-refractivity contribution is 9.09. The lowest BCUT2D eigenvalue weighted by Crippen LogP contribution is -2.12. The van der Waals surface area contributed by atoms with E-state index in [0.29, 0.717) is 6.10 Å². The van der Waals surface area contributed by atoms with Gasteiger partial charge in [0.1, 0.15) is 5.76 Å². The van der Waals surface area contributed by atoms with Gasteiger partial charge in [-0.3, -0.25) is 0 Å². The summed E-state index contributed by atoms with van der Waals surface area (Å²) in [4.78, 5) is 0.129. The minimum Gasteiger partial charge on any atom is -0.491 e. The van der Waals surface area contributed by atoms with Gasteiger partial charge in [-0.15, -0.1) is 0 Å². The van der Waals surface area contributed by atoms with E-state index in [2.05, 4.69) is 22.0 Å². The van der Waals surface area contributed by atoms with Gasteiger partial charge in [0.05, 0.1) is 22.9 Å². The molecule has 0 radical (unpaired) electrons. The van der Waals surface area contributed by atoms with Crippen LogP contribution in [-0.4, -0.2) is 10.9 Å². The number of nitrogens with zero attached hydrogens (tertiary/aromatic N) is 1. The number of alkyl halides is 1. The van der Waals surface area contributed by atoms with Crippen molar-refractivity contribution in [3.63, 3.8) is 0 Å². The molecule has 0 aromatic heterocycles. The van der Waals surface area contributed by atoms with Crippen LogP contribution in [0.1, 0.15) is 12.8 Å². The standard InChI is InChI=1S/C10H10BrNO/c11-10-4-3-9(5-7(10)6-12)13-8-1-2-8/h3-5,7-8,10H,1-2H2. The third-order valence-corrected chi connectivity index (χ3v) is 2.98. The number of hydrogen-bond acceptors (Lipinski definition) is 2. The Morgan fingerprint density at radius 3 is 2.92 bits per heavy atom. The van der Waals surface area contributed by atoms with Crippen molar-refractivity contribution in [1.82, 2.24) is 0 Å². The van der Waals surface area contributed by atoms with E-state index in [0.717, 1.165) is 18.6 Å². The van der Waals surface area contributed by atoms with Crippen LogP contribution >= 0.6 is 15.9 Å². The first-order valence-electron chi connectivity index (χ1n) is 4.40. The number of halogens is 1. The molecule has 2 unspecified atom stereocenters. The van der Waals surface area contributed by atoms with Crippen molar-refractivity contribution in [3.8, 4) is 6.07 Å². The summed E-state index contributed by atoms with van der Waals surface area (Å²) < 4.78 is 5.59. The Kier molecular flexibility index (Phi) is 2.41. The number of ether oxygens (including phenoxy) is 1. The lowest BCUT2D eigenvalue weighted by Gasteiger charge is -2.15. The molecule has 0 heterocycles. The Balaban J connectivity index is 2.03. The highest BCUT2D eigenvalue weighted by atomic mass is 79.9. The summed E-state index contributed by atoms with van der Waals surface area (Å²) in [5.74, 6) is 0.753. The molecule has 13 heavy (non-hydrogen) atoms. The average molecular weight is 240 g/mol. The zero-order chi connectivity index (χ0) is 9.26. The monoisotopic (exact) mass is 239 g/mol. The molecule has 1 fully saturated rings. The Bertz CT molecular complexity index is 299. The summed E-state index contributed by atoms with van der Waals surface area (Å²) in [6, 6.07) is 2.22. The van der Waals surface area contributed by atoms with E-state index < -0.39 is 0 Å². The van der Waals surface area contributed by atoms with Crippen molar-refractivity contribution >= 4 is 15.9 Å². The van der Waals surface area contributed by atoms with Crippen LogP contribution in [0.3, 0.4) is 0 Å². The fourth-order valence-electron chi connectivity index (χ4n) is 1.20. The molecule has 0 aromatic rings. The second-order valence-corrected chi connectivity index (χ2v) is 4.40.